The van der Waals surface area contributed by atoms with Crippen LogP contribution in [0.25, 0.3) is 5.65 Å². The molecule has 38 heavy (non-hydrogen) atoms. The van der Waals surface area contributed by atoms with Gasteiger partial charge in [-0.25, -0.2) is 9.78 Å². The lowest BCUT2D eigenvalue weighted by Crippen LogP contribution is -2.35. The fourth-order valence-corrected chi connectivity index (χ4v) is 4.34. The van der Waals surface area contributed by atoms with Crippen molar-refractivity contribution in [1.82, 2.24) is 24.5 Å². The third-order valence-corrected chi connectivity index (χ3v) is 6.24. The Labute approximate surface area is 220 Å². The molecule has 0 spiro atoms. The molecule has 12 nitrogen and oxygen atoms in total. The summed E-state index contributed by atoms with van der Waals surface area (Å²) in [5, 5.41) is 20.1. The second-order valence-corrected chi connectivity index (χ2v) is 10.8. The molecular formula is C26H35N7O5. The summed E-state index contributed by atoms with van der Waals surface area (Å²) in [6.45, 7) is 9.10. The number of aromatic nitrogens is 4. The maximum absolute atomic E-state index is 13.2. The van der Waals surface area contributed by atoms with Crippen molar-refractivity contribution in [2.24, 2.45) is 0 Å². The Kier molecular flexibility index (Phi) is 7.45. The molecule has 4 rings (SSSR count). The second-order valence-electron chi connectivity index (χ2n) is 10.8. The molecule has 0 bridgehead atoms. The number of fused-ring (bicyclic) bond motifs is 1. The maximum Gasteiger partial charge on any atom is 0.415 e. The number of amides is 2. The summed E-state index contributed by atoms with van der Waals surface area (Å²) in [4.78, 5) is 44.9. The van der Waals surface area contributed by atoms with Crippen LogP contribution < -0.4 is 21.1 Å². The van der Waals surface area contributed by atoms with Crippen molar-refractivity contribution >= 4 is 35.0 Å². The number of carbonyl (C=O) groups excluding carboxylic acids is 2. The van der Waals surface area contributed by atoms with Gasteiger partial charge in [-0.3, -0.25) is 14.5 Å². The van der Waals surface area contributed by atoms with Crippen LogP contribution in [0, 0.1) is 0 Å². The third-order valence-electron chi connectivity index (χ3n) is 6.24. The Bertz CT molecular complexity index is 1410. The van der Waals surface area contributed by atoms with Crippen molar-refractivity contribution in [1.29, 1.82) is 0 Å². The zero-order chi connectivity index (χ0) is 27.8. The number of aliphatic hydroxyl groups is 1. The van der Waals surface area contributed by atoms with Crippen molar-refractivity contribution in [2.75, 3.05) is 17.3 Å². The molecule has 2 atom stereocenters. The number of aliphatic hydroxyl groups excluding tert-OH is 1. The Hall–Kier alpha value is -3.93. The van der Waals surface area contributed by atoms with E-state index in [1.807, 2.05) is 13.8 Å². The minimum absolute atomic E-state index is 0.0483. The van der Waals surface area contributed by atoms with Crippen LogP contribution in [0.5, 0.6) is 0 Å². The van der Waals surface area contributed by atoms with Gasteiger partial charge in [0.05, 0.1) is 12.3 Å². The lowest BCUT2D eigenvalue weighted by molar-refractivity contribution is 0.0587. The Morgan fingerprint density at radius 1 is 1.26 bits per heavy atom. The van der Waals surface area contributed by atoms with Crippen LogP contribution in [0.1, 0.15) is 70.3 Å². The molecule has 3 aromatic rings. The zero-order valence-corrected chi connectivity index (χ0v) is 22.6. The SMILES string of the molecule is CC(C)n1cccc(Nc2cc(N(C)C(=O)OC(C)(C)C)n3ncc(C(=O)NC4CC[C@@H](O)C4)c3n2)c1=O. The summed E-state index contributed by atoms with van der Waals surface area (Å²) in [7, 11) is 1.53. The lowest BCUT2D eigenvalue weighted by atomic mass is 10.2. The average Bonchev–Trinajstić information content (AvgIpc) is 3.44. The largest absolute Gasteiger partial charge is 0.443 e. The number of carbonyl (C=O) groups is 2. The second kappa shape index (κ2) is 10.4. The zero-order valence-electron chi connectivity index (χ0n) is 22.6. The van der Waals surface area contributed by atoms with Gasteiger partial charge in [0.25, 0.3) is 11.5 Å². The van der Waals surface area contributed by atoms with Crippen molar-refractivity contribution in [3.05, 3.63) is 46.5 Å². The predicted octanol–water partition coefficient (Wildman–Crippen LogP) is 3.23. The highest BCUT2D eigenvalue weighted by molar-refractivity contribution is 6.00. The van der Waals surface area contributed by atoms with Crippen LogP contribution in [0.4, 0.5) is 22.1 Å². The van der Waals surface area contributed by atoms with Gasteiger partial charge in [0.15, 0.2) is 5.65 Å². The monoisotopic (exact) mass is 525 g/mol. The summed E-state index contributed by atoms with van der Waals surface area (Å²) >= 11 is 0. The predicted molar refractivity (Wildman–Crippen MR) is 143 cm³/mol. The molecule has 1 saturated carbocycles. The van der Waals surface area contributed by atoms with Crippen molar-refractivity contribution in [3.63, 3.8) is 0 Å². The van der Waals surface area contributed by atoms with Crippen LogP contribution in [-0.4, -0.2) is 61.1 Å². The third kappa shape index (κ3) is 5.80. The van der Waals surface area contributed by atoms with Crippen LogP contribution in [-0.2, 0) is 4.74 Å². The van der Waals surface area contributed by atoms with Crippen molar-refractivity contribution in [2.45, 2.75) is 77.7 Å². The fourth-order valence-electron chi connectivity index (χ4n) is 4.34. The van der Waals surface area contributed by atoms with Crippen LogP contribution in [0.15, 0.2) is 35.4 Å². The van der Waals surface area contributed by atoms with Gasteiger partial charge < -0.3 is 25.0 Å². The molecular weight excluding hydrogens is 490 g/mol. The van der Waals surface area contributed by atoms with Crippen LogP contribution >= 0.6 is 0 Å². The van der Waals surface area contributed by atoms with Gasteiger partial charge in [0, 0.05) is 31.4 Å². The molecule has 1 fully saturated rings. The number of hydrogen-bond acceptors (Lipinski definition) is 8. The molecule has 2 amide bonds. The summed E-state index contributed by atoms with van der Waals surface area (Å²) in [5.41, 5.74) is -0.295. The van der Waals surface area contributed by atoms with E-state index in [-0.39, 0.29) is 46.2 Å². The van der Waals surface area contributed by atoms with Gasteiger partial charge in [0.2, 0.25) is 0 Å². The first kappa shape index (κ1) is 27.1. The Morgan fingerprint density at radius 3 is 2.63 bits per heavy atom. The van der Waals surface area contributed by atoms with E-state index in [1.54, 1.807) is 49.7 Å². The number of nitrogens with one attached hydrogen (secondary N) is 2. The lowest BCUT2D eigenvalue weighted by Gasteiger charge is -2.25. The number of hydrogen-bond donors (Lipinski definition) is 3. The summed E-state index contributed by atoms with van der Waals surface area (Å²) in [6.07, 6.45) is 3.81. The first-order valence-corrected chi connectivity index (χ1v) is 12.7. The van der Waals surface area contributed by atoms with E-state index in [0.717, 1.165) is 0 Å². The number of ether oxygens (including phenoxy) is 1. The number of rotatable bonds is 6. The van der Waals surface area contributed by atoms with Crippen molar-refractivity contribution < 1.29 is 19.4 Å². The van der Waals surface area contributed by atoms with Crippen LogP contribution in [0.2, 0.25) is 0 Å². The minimum atomic E-state index is -0.731. The van der Waals surface area contributed by atoms with E-state index in [2.05, 4.69) is 20.7 Å². The highest BCUT2D eigenvalue weighted by Gasteiger charge is 2.28. The number of pyridine rings is 1. The smallest absolute Gasteiger partial charge is 0.415 e. The topological polar surface area (TPSA) is 143 Å². The molecule has 0 radical (unpaired) electrons. The van der Waals surface area contributed by atoms with E-state index >= 15 is 0 Å². The summed E-state index contributed by atoms with van der Waals surface area (Å²) in [6, 6.07) is 4.75. The van der Waals surface area contributed by atoms with Gasteiger partial charge in [-0.15, -0.1) is 0 Å². The molecule has 1 aliphatic rings. The molecule has 3 aromatic heterocycles. The maximum atomic E-state index is 13.2. The highest BCUT2D eigenvalue weighted by Crippen LogP contribution is 2.26. The molecule has 204 valence electrons. The Morgan fingerprint density at radius 2 is 2.00 bits per heavy atom. The van der Waals surface area contributed by atoms with Gasteiger partial charge in [-0.1, -0.05) is 0 Å². The fraction of sp³-hybridized carbons (Fsp3) is 0.500. The molecule has 1 unspecified atom stereocenters. The van der Waals surface area contributed by atoms with E-state index in [0.29, 0.717) is 19.3 Å². The van der Waals surface area contributed by atoms with E-state index in [1.165, 1.54) is 22.7 Å². The van der Waals surface area contributed by atoms with Crippen molar-refractivity contribution in [3.8, 4) is 0 Å². The molecule has 12 heteroatoms. The summed E-state index contributed by atoms with van der Waals surface area (Å²) < 4.78 is 8.49. The molecule has 0 aliphatic heterocycles. The standard InChI is InChI=1S/C26H35N7O5/c1-15(2)32-11-7-8-19(24(32)36)29-20-13-21(31(6)25(37)38-26(3,4)5)33-22(30-20)18(14-27-33)23(35)28-16-9-10-17(34)12-16/h7-8,11,13-17,34H,9-10,12H2,1-6H3,(H,28,35)(H,29,30)/t16?,17-/m1/s1. The molecule has 0 aromatic carbocycles. The minimum Gasteiger partial charge on any atom is -0.443 e. The van der Waals surface area contributed by atoms with Gasteiger partial charge in [-0.05, 0) is 66.0 Å². The van der Waals surface area contributed by atoms with E-state index in [4.69, 9.17) is 4.74 Å². The van der Waals surface area contributed by atoms with Gasteiger partial charge in [0.1, 0.15) is 28.5 Å². The number of anilines is 3. The Balaban J connectivity index is 1.77. The average molecular weight is 526 g/mol. The van der Waals surface area contributed by atoms with Gasteiger partial charge >= 0.3 is 6.09 Å². The van der Waals surface area contributed by atoms with E-state index < -0.39 is 23.7 Å². The molecule has 0 saturated heterocycles. The first-order valence-electron chi connectivity index (χ1n) is 12.7. The van der Waals surface area contributed by atoms with E-state index in [9.17, 15) is 19.5 Å². The highest BCUT2D eigenvalue weighted by atomic mass is 16.6. The normalized spacial score (nSPS) is 17.6. The van der Waals surface area contributed by atoms with Crippen LogP contribution in [0.3, 0.4) is 0 Å². The molecule has 3 N–H and O–H groups in total. The molecule has 1 aliphatic carbocycles. The summed E-state index contributed by atoms with van der Waals surface area (Å²) in [5.74, 6) is 0.131. The van der Waals surface area contributed by atoms with Gasteiger partial charge in [-0.2, -0.15) is 9.61 Å². The number of nitrogens with zero attached hydrogens (tertiary/aromatic N) is 5. The molecule has 3 heterocycles. The quantitative estimate of drug-likeness (QED) is 0.445. The first-order chi connectivity index (χ1) is 17.8.